The third-order valence-electron chi connectivity index (χ3n) is 4.42. The Morgan fingerprint density at radius 1 is 1.13 bits per heavy atom. The van der Waals surface area contributed by atoms with Gasteiger partial charge >= 0.3 is 0 Å². The van der Waals surface area contributed by atoms with Crippen LogP contribution in [0.3, 0.4) is 0 Å². The topological polar surface area (TPSA) is 46.3 Å². The fraction of sp³-hybridized carbons (Fsp3) is 0.316. The van der Waals surface area contributed by atoms with E-state index in [2.05, 4.69) is 24.3 Å². The van der Waals surface area contributed by atoms with Crippen molar-refractivity contribution in [2.75, 3.05) is 13.1 Å². The lowest BCUT2D eigenvalue weighted by Gasteiger charge is -2.36. The molecule has 1 amide bonds. The molecule has 1 aliphatic rings. The zero-order valence-electron chi connectivity index (χ0n) is 13.2. The van der Waals surface area contributed by atoms with E-state index in [0.29, 0.717) is 13.1 Å². The van der Waals surface area contributed by atoms with Gasteiger partial charge in [0.05, 0.1) is 5.56 Å². The van der Waals surface area contributed by atoms with Gasteiger partial charge in [-0.3, -0.25) is 4.79 Å². The fourth-order valence-electron chi connectivity index (χ4n) is 3.19. The summed E-state index contributed by atoms with van der Waals surface area (Å²) in [5.74, 6) is -0.575. The highest BCUT2D eigenvalue weighted by Gasteiger charge is 2.30. The summed E-state index contributed by atoms with van der Waals surface area (Å²) < 4.78 is 13.9. The van der Waals surface area contributed by atoms with E-state index in [0.717, 1.165) is 6.42 Å². The number of carbonyl (C=O) groups is 1. The highest BCUT2D eigenvalue weighted by Crippen LogP contribution is 2.28. The molecule has 2 aromatic carbocycles. The number of benzene rings is 2. The molecule has 1 saturated heterocycles. The van der Waals surface area contributed by atoms with Crippen molar-refractivity contribution < 1.29 is 9.18 Å². The van der Waals surface area contributed by atoms with E-state index in [1.807, 2.05) is 6.92 Å². The second kappa shape index (κ2) is 6.50. The number of carbonyl (C=O) groups excluding carboxylic acids is 1. The highest BCUT2D eigenvalue weighted by atomic mass is 19.1. The lowest BCUT2D eigenvalue weighted by Crippen LogP contribution is -2.48. The first kappa shape index (κ1) is 15.7. The third-order valence-corrected chi connectivity index (χ3v) is 4.42. The zero-order chi connectivity index (χ0) is 16.4. The number of rotatable bonds is 2. The van der Waals surface area contributed by atoms with Crippen LogP contribution in [0.2, 0.25) is 0 Å². The van der Waals surface area contributed by atoms with E-state index in [1.165, 1.54) is 23.3 Å². The van der Waals surface area contributed by atoms with Crippen molar-refractivity contribution in [1.82, 2.24) is 4.90 Å². The molecule has 0 bridgehead atoms. The maximum Gasteiger partial charge on any atom is 0.256 e. The van der Waals surface area contributed by atoms with Crippen LogP contribution in [0.25, 0.3) is 0 Å². The Morgan fingerprint density at radius 3 is 2.52 bits per heavy atom. The molecule has 120 valence electrons. The predicted octanol–water partition coefficient (Wildman–Crippen LogP) is 3.09. The molecule has 2 aromatic rings. The molecule has 2 N–H and O–H groups in total. The summed E-state index contributed by atoms with van der Waals surface area (Å²) in [7, 11) is 0. The molecule has 0 saturated carbocycles. The van der Waals surface area contributed by atoms with Crippen molar-refractivity contribution in [3.8, 4) is 0 Å². The molecule has 0 aromatic heterocycles. The van der Waals surface area contributed by atoms with Gasteiger partial charge < -0.3 is 10.6 Å². The molecule has 1 heterocycles. The molecule has 0 spiro atoms. The molecular formula is C19H21FN2O. The van der Waals surface area contributed by atoms with Crippen molar-refractivity contribution in [2.45, 2.75) is 25.3 Å². The fourth-order valence-corrected chi connectivity index (χ4v) is 3.19. The van der Waals surface area contributed by atoms with Crippen molar-refractivity contribution in [2.24, 2.45) is 5.73 Å². The summed E-state index contributed by atoms with van der Waals surface area (Å²) in [4.78, 5) is 14.3. The molecule has 2 atom stereocenters. The Morgan fingerprint density at radius 2 is 1.83 bits per heavy atom. The van der Waals surface area contributed by atoms with Crippen molar-refractivity contribution >= 4 is 5.91 Å². The minimum absolute atomic E-state index is 0.0919. The van der Waals surface area contributed by atoms with Crippen LogP contribution in [0.1, 0.15) is 33.8 Å². The molecule has 4 heteroatoms. The Labute approximate surface area is 135 Å². The number of nitrogens with two attached hydrogens (primary N) is 1. The number of amides is 1. The van der Waals surface area contributed by atoms with Gasteiger partial charge in [0, 0.05) is 25.0 Å². The van der Waals surface area contributed by atoms with E-state index in [1.54, 1.807) is 17.0 Å². The molecule has 3 rings (SSSR count). The van der Waals surface area contributed by atoms with Gasteiger partial charge in [-0.1, -0.05) is 42.0 Å². The molecule has 2 unspecified atom stereocenters. The minimum atomic E-state index is -0.483. The number of halogens is 1. The Bertz CT molecular complexity index is 699. The summed E-state index contributed by atoms with van der Waals surface area (Å²) in [6.45, 7) is 3.09. The van der Waals surface area contributed by atoms with Crippen LogP contribution in [-0.2, 0) is 0 Å². The zero-order valence-corrected chi connectivity index (χ0v) is 13.2. The van der Waals surface area contributed by atoms with Gasteiger partial charge in [-0.15, -0.1) is 0 Å². The van der Waals surface area contributed by atoms with Crippen LogP contribution in [0.15, 0.2) is 48.5 Å². The monoisotopic (exact) mass is 312 g/mol. The third kappa shape index (κ3) is 3.42. The molecule has 1 aliphatic heterocycles. The molecule has 3 nitrogen and oxygen atoms in total. The lowest BCUT2D eigenvalue weighted by atomic mass is 9.87. The second-order valence-corrected chi connectivity index (χ2v) is 6.29. The molecule has 0 radical (unpaired) electrons. The number of piperidine rings is 1. The molecule has 0 aliphatic carbocycles. The van der Waals surface area contributed by atoms with E-state index >= 15 is 0 Å². The number of hydrogen-bond donors (Lipinski definition) is 1. The van der Waals surface area contributed by atoms with Gasteiger partial charge in [0.2, 0.25) is 0 Å². The van der Waals surface area contributed by atoms with E-state index < -0.39 is 5.82 Å². The van der Waals surface area contributed by atoms with Crippen molar-refractivity contribution in [3.63, 3.8) is 0 Å². The Kier molecular flexibility index (Phi) is 4.44. The van der Waals surface area contributed by atoms with Crippen LogP contribution in [0.4, 0.5) is 4.39 Å². The molecule has 1 fully saturated rings. The number of nitrogens with zero attached hydrogens (tertiary/aromatic N) is 1. The quantitative estimate of drug-likeness (QED) is 0.926. The number of aryl methyl sites for hydroxylation is 1. The van der Waals surface area contributed by atoms with Crippen LogP contribution >= 0.6 is 0 Å². The predicted molar refractivity (Wildman–Crippen MR) is 88.8 cm³/mol. The van der Waals surface area contributed by atoms with Gasteiger partial charge in [0.15, 0.2) is 0 Å². The van der Waals surface area contributed by atoms with Gasteiger partial charge in [0.25, 0.3) is 5.91 Å². The smallest absolute Gasteiger partial charge is 0.256 e. The second-order valence-electron chi connectivity index (χ2n) is 6.29. The summed E-state index contributed by atoms with van der Waals surface area (Å²) in [6.07, 6.45) is 0.837. The van der Waals surface area contributed by atoms with E-state index in [-0.39, 0.29) is 23.4 Å². The highest BCUT2D eigenvalue weighted by molar-refractivity contribution is 5.94. The Balaban J connectivity index is 1.82. The maximum atomic E-state index is 13.9. The van der Waals surface area contributed by atoms with E-state index in [4.69, 9.17) is 5.73 Å². The standard InChI is InChI=1S/C19H21FN2O/c1-13-6-8-14(9-7-13)15-10-16(21)12-22(11-15)19(23)17-4-2-3-5-18(17)20/h2-9,15-16H,10-12,21H2,1H3. The largest absolute Gasteiger partial charge is 0.336 e. The van der Waals surface area contributed by atoms with Crippen LogP contribution in [-0.4, -0.2) is 29.9 Å². The summed E-state index contributed by atoms with van der Waals surface area (Å²) in [5.41, 5.74) is 8.64. The van der Waals surface area contributed by atoms with Crippen molar-refractivity contribution in [3.05, 3.63) is 71.0 Å². The van der Waals surface area contributed by atoms with Gasteiger partial charge in [0.1, 0.15) is 5.82 Å². The van der Waals surface area contributed by atoms with Gasteiger partial charge in [-0.25, -0.2) is 4.39 Å². The summed E-state index contributed by atoms with van der Waals surface area (Å²) in [5, 5.41) is 0. The minimum Gasteiger partial charge on any atom is -0.336 e. The average Bonchev–Trinajstić information content (AvgIpc) is 2.55. The number of likely N-dealkylation sites (tertiary alicyclic amines) is 1. The van der Waals surface area contributed by atoms with Gasteiger partial charge in [-0.05, 0) is 31.0 Å². The lowest BCUT2D eigenvalue weighted by molar-refractivity contribution is 0.0684. The van der Waals surface area contributed by atoms with Crippen LogP contribution < -0.4 is 5.73 Å². The number of hydrogen-bond acceptors (Lipinski definition) is 2. The van der Waals surface area contributed by atoms with Gasteiger partial charge in [-0.2, -0.15) is 0 Å². The van der Waals surface area contributed by atoms with Crippen LogP contribution in [0, 0.1) is 12.7 Å². The average molecular weight is 312 g/mol. The van der Waals surface area contributed by atoms with E-state index in [9.17, 15) is 9.18 Å². The van der Waals surface area contributed by atoms with Crippen LogP contribution in [0.5, 0.6) is 0 Å². The summed E-state index contributed by atoms with van der Waals surface area (Å²) >= 11 is 0. The maximum absolute atomic E-state index is 13.9. The first-order chi connectivity index (χ1) is 11.0. The molecular weight excluding hydrogens is 291 g/mol. The van der Waals surface area contributed by atoms with Crippen molar-refractivity contribution in [1.29, 1.82) is 0 Å². The SMILES string of the molecule is Cc1ccc(C2CC(N)CN(C(=O)c3ccccc3F)C2)cc1. The summed E-state index contributed by atoms with van der Waals surface area (Å²) in [6, 6.07) is 14.3. The normalized spacial score (nSPS) is 21.3. The first-order valence-electron chi connectivity index (χ1n) is 7.90. The Hall–Kier alpha value is -2.20. The first-order valence-corrected chi connectivity index (χ1v) is 7.90. The molecule has 23 heavy (non-hydrogen) atoms.